The van der Waals surface area contributed by atoms with Gasteiger partial charge in [-0.3, -0.25) is 4.68 Å². The fourth-order valence-corrected chi connectivity index (χ4v) is 1.85. The highest BCUT2D eigenvalue weighted by atomic mass is 15.3. The van der Waals surface area contributed by atoms with Crippen molar-refractivity contribution in [3.8, 4) is 0 Å². The van der Waals surface area contributed by atoms with E-state index in [1.54, 1.807) is 0 Å². The summed E-state index contributed by atoms with van der Waals surface area (Å²) in [4.78, 5) is 0. The molecule has 0 radical (unpaired) electrons. The van der Waals surface area contributed by atoms with Crippen molar-refractivity contribution in [2.75, 3.05) is 6.54 Å². The van der Waals surface area contributed by atoms with Crippen LogP contribution in [0.1, 0.15) is 31.5 Å². The van der Waals surface area contributed by atoms with Crippen LogP contribution in [0.15, 0.2) is 12.3 Å². The summed E-state index contributed by atoms with van der Waals surface area (Å²) in [5, 5.41) is 7.73. The molecule has 0 aliphatic heterocycles. The number of nitrogens with one attached hydrogen (secondary N) is 1. The molecule has 1 unspecified atom stereocenters. The molecule has 1 aromatic rings. The van der Waals surface area contributed by atoms with Crippen molar-refractivity contribution in [2.45, 2.75) is 25.8 Å². The van der Waals surface area contributed by atoms with Crippen LogP contribution in [0.25, 0.3) is 0 Å². The second-order valence-corrected chi connectivity index (χ2v) is 3.75. The molecule has 1 heterocycles. The van der Waals surface area contributed by atoms with Gasteiger partial charge in [0.25, 0.3) is 0 Å². The first-order chi connectivity index (χ1) is 6.33. The Bertz CT molecular complexity index is 275. The average molecular weight is 179 g/mol. The molecule has 0 amide bonds. The standard InChI is InChI=1S/C10H17N3/c1-3-11-10(8-4-5-8)9-6-7-12-13(9)2/h6-8,10-11H,3-5H2,1-2H3. The van der Waals surface area contributed by atoms with E-state index in [1.807, 2.05) is 17.9 Å². The van der Waals surface area contributed by atoms with E-state index in [4.69, 9.17) is 0 Å². The largest absolute Gasteiger partial charge is 0.309 e. The minimum Gasteiger partial charge on any atom is -0.309 e. The van der Waals surface area contributed by atoms with Gasteiger partial charge in [-0.25, -0.2) is 0 Å². The number of hydrogen-bond donors (Lipinski definition) is 1. The number of hydrogen-bond acceptors (Lipinski definition) is 2. The summed E-state index contributed by atoms with van der Waals surface area (Å²) in [7, 11) is 2.02. The Balaban J connectivity index is 2.14. The highest BCUT2D eigenvalue weighted by molar-refractivity contribution is 5.10. The van der Waals surface area contributed by atoms with Gasteiger partial charge in [0.2, 0.25) is 0 Å². The second kappa shape index (κ2) is 3.50. The molecule has 2 rings (SSSR count). The van der Waals surface area contributed by atoms with Gasteiger partial charge in [0, 0.05) is 13.2 Å². The van der Waals surface area contributed by atoms with Gasteiger partial charge in [-0.1, -0.05) is 6.92 Å². The lowest BCUT2D eigenvalue weighted by molar-refractivity contribution is 0.462. The molecule has 0 bridgehead atoms. The zero-order chi connectivity index (χ0) is 9.26. The van der Waals surface area contributed by atoms with Crippen molar-refractivity contribution >= 4 is 0 Å². The number of aromatic nitrogens is 2. The van der Waals surface area contributed by atoms with Gasteiger partial charge in [0.15, 0.2) is 0 Å². The fourth-order valence-electron chi connectivity index (χ4n) is 1.85. The van der Waals surface area contributed by atoms with Crippen molar-refractivity contribution in [2.24, 2.45) is 13.0 Å². The van der Waals surface area contributed by atoms with E-state index in [0.29, 0.717) is 6.04 Å². The van der Waals surface area contributed by atoms with E-state index in [2.05, 4.69) is 23.4 Å². The fraction of sp³-hybridized carbons (Fsp3) is 0.700. The number of nitrogens with zero attached hydrogens (tertiary/aromatic N) is 2. The molecule has 1 aromatic heterocycles. The van der Waals surface area contributed by atoms with Gasteiger partial charge in [-0.15, -0.1) is 0 Å². The summed E-state index contributed by atoms with van der Waals surface area (Å²) in [6.45, 7) is 3.19. The van der Waals surface area contributed by atoms with E-state index in [0.717, 1.165) is 12.5 Å². The molecular weight excluding hydrogens is 162 g/mol. The Kier molecular flexibility index (Phi) is 2.36. The highest BCUT2D eigenvalue weighted by Gasteiger charge is 2.32. The summed E-state index contributed by atoms with van der Waals surface area (Å²) in [5.41, 5.74) is 1.32. The molecule has 1 fully saturated rings. The lowest BCUT2D eigenvalue weighted by Crippen LogP contribution is -2.24. The van der Waals surface area contributed by atoms with Crippen molar-refractivity contribution in [3.05, 3.63) is 18.0 Å². The Hall–Kier alpha value is -0.830. The lowest BCUT2D eigenvalue weighted by Gasteiger charge is -2.17. The van der Waals surface area contributed by atoms with Crippen molar-refractivity contribution in [1.29, 1.82) is 0 Å². The Labute approximate surface area is 79.1 Å². The van der Waals surface area contributed by atoms with Crippen LogP contribution >= 0.6 is 0 Å². The van der Waals surface area contributed by atoms with Crippen molar-refractivity contribution < 1.29 is 0 Å². The zero-order valence-corrected chi connectivity index (χ0v) is 8.33. The van der Waals surface area contributed by atoms with Crippen LogP contribution in [0.5, 0.6) is 0 Å². The van der Waals surface area contributed by atoms with Gasteiger partial charge in [-0.05, 0) is 31.4 Å². The topological polar surface area (TPSA) is 29.9 Å². The molecule has 0 spiro atoms. The zero-order valence-electron chi connectivity index (χ0n) is 8.33. The first kappa shape index (κ1) is 8.75. The smallest absolute Gasteiger partial charge is 0.0553 e. The molecule has 0 aromatic carbocycles. The molecular formula is C10H17N3. The third-order valence-electron chi connectivity index (χ3n) is 2.69. The Morgan fingerprint density at radius 3 is 2.92 bits per heavy atom. The average Bonchev–Trinajstić information content (AvgIpc) is 2.86. The van der Waals surface area contributed by atoms with Crippen LogP contribution < -0.4 is 5.32 Å². The van der Waals surface area contributed by atoms with Gasteiger partial charge >= 0.3 is 0 Å². The molecule has 0 saturated heterocycles. The molecule has 1 atom stereocenters. The third-order valence-corrected chi connectivity index (χ3v) is 2.69. The normalized spacial score (nSPS) is 18.9. The predicted molar refractivity (Wildman–Crippen MR) is 52.3 cm³/mol. The number of rotatable bonds is 4. The molecule has 1 saturated carbocycles. The van der Waals surface area contributed by atoms with Crippen LogP contribution in [0, 0.1) is 5.92 Å². The van der Waals surface area contributed by atoms with Crippen LogP contribution in [0.4, 0.5) is 0 Å². The quantitative estimate of drug-likeness (QED) is 0.758. The summed E-state index contributed by atoms with van der Waals surface area (Å²) in [5.74, 6) is 0.843. The van der Waals surface area contributed by atoms with Crippen LogP contribution in [0.3, 0.4) is 0 Å². The minimum atomic E-state index is 0.525. The molecule has 3 heteroatoms. The molecule has 72 valence electrons. The third kappa shape index (κ3) is 1.75. The first-order valence-electron chi connectivity index (χ1n) is 5.04. The van der Waals surface area contributed by atoms with E-state index < -0.39 is 0 Å². The lowest BCUT2D eigenvalue weighted by atomic mass is 10.1. The van der Waals surface area contributed by atoms with E-state index in [1.165, 1.54) is 18.5 Å². The van der Waals surface area contributed by atoms with E-state index in [9.17, 15) is 0 Å². The van der Waals surface area contributed by atoms with Crippen LogP contribution in [-0.2, 0) is 7.05 Å². The Morgan fingerprint density at radius 1 is 1.69 bits per heavy atom. The maximum Gasteiger partial charge on any atom is 0.0553 e. The van der Waals surface area contributed by atoms with Crippen molar-refractivity contribution in [3.63, 3.8) is 0 Å². The molecule has 1 aliphatic carbocycles. The van der Waals surface area contributed by atoms with Crippen LogP contribution in [-0.4, -0.2) is 16.3 Å². The summed E-state index contributed by atoms with van der Waals surface area (Å²) >= 11 is 0. The van der Waals surface area contributed by atoms with Gasteiger partial charge in [0.1, 0.15) is 0 Å². The van der Waals surface area contributed by atoms with Gasteiger partial charge in [-0.2, -0.15) is 5.10 Å². The molecule has 13 heavy (non-hydrogen) atoms. The van der Waals surface area contributed by atoms with E-state index >= 15 is 0 Å². The molecule has 1 aliphatic rings. The van der Waals surface area contributed by atoms with E-state index in [-0.39, 0.29) is 0 Å². The maximum atomic E-state index is 4.21. The number of aryl methyl sites for hydroxylation is 1. The first-order valence-corrected chi connectivity index (χ1v) is 5.04. The van der Waals surface area contributed by atoms with Crippen LogP contribution in [0.2, 0.25) is 0 Å². The predicted octanol–water partition coefficient (Wildman–Crippen LogP) is 1.48. The SMILES string of the molecule is CCNC(c1ccnn1C)C1CC1. The minimum absolute atomic E-state index is 0.525. The summed E-state index contributed by atoms with van der Waals surface area (Å²) < 4.78 is 1.98. The second-order valence-electron chi connectivity index (χ2n) is 3.75. The summed E-state index contributed by atoms with van der Waals surface area (Å²) in [6, 6.07) is 2.64. The highest BCUT2D eigenvalue weighted by Crippen LogP contribution is 2.40. The van der Waals surface area contributed by atoms with Gasteiger partial charge < -0.3 is 5.32 Å². The van der Waals surface area contributed by atoms with Crippen molar-refractivity contribution in [1.82, 2.24) is 15.1 Å². The summed E-state index contributed by atoms with van der Waals surface area (Å²) in [6.07, 6.45) is 4.60. The maximum absolute atomic E-state index is 4.21. The Morgan fingerprint density at radius 2 is 2.46 bits per heavy atom. The van der Waals surface area contributed by atoms with Gasteiger partial charge in [0.05, 0.1) is 11.7 Å². The monoisotopic (exact) mass is 179 g/mol. The molecule has 3 nitrogen and oxygen atoms in total. The molecule has 1 N–H and O–H groups in total.